The fourth-order valence-electron chi connectivity index (χ4n) is 1.94. The lowest BCUT2D eigenvalue weighted by atomic mass is 10.3. The van der Waals surface area contributed by atoms with E-state index in [2.05, 4.69) is 20.5 Å². The number of nitrogens with zero attached hydrogens (tertiary/aromatic N) is 2. The molecule has 2 amide bonds. The molecule has 0 spiro atoms. The number of nitrogens with one attached hydrogen (secondary N) is 2. The summed E-state index contributed by atoms with van der Waals surface area (Å²) in [6.07, 6.45) is 1.73. The molecule has 2 rings (SSSR count). The zero-order valence-electron chi connectivity index (χ0n) is 11.3. The minimum absolute atomic E-state index is 0.100. The molecule has 0 unspecified atom stereocenters. The molecule has 19 heavy (non-hydrogen) atoms. The molecule has 0 saturated carbocycles. The molecule has 2 N–H and O–H groups in total. The van der Waals surface area contributed by atoms with Crippen LogP contribution in [0.15, 0.2) is 18.3 Å². The number of ether oxygens (including phenoxy) is 1. The number of anilines is 2. The molecule has 1 saturated heterocycles. The number of hydrogen-bond donors (Lipinski definition) is 2. The van der Waals surface area contributed by atoms with Gasteiger partial charge in [-0.05, 0) is 26.0 Å². The van der Waals surface area contributed by atoms with Crippen molar-refractivity contribution >= 4 is 17.5 Å². The summed E-state index contributed by atoms with van der Waals surface area (Å²) in [4.78, 5) is 18.2. The van der Waals surface area contributed by atoms with Gasteiger partial charge in [-0.25, -0.2) is 9.78 Å². The van der Waals surface area contributed by atoms with Gasteiger partial charge in [-0.1, -0.05) is 0 Å². The topological polar surface area (TPSA) is 66.5 Å². The quantitative estimate of drug-likeness (QED) is 0.867. The van der Waals surface area contributed by atoms with Crippen LogP contribution >= 0.6 is 0 Å². The lowest BCUT2D eigenvalue weighted by Crippen LogP contribution is -2.38. The van der Waals surface area contributed by atoms with Gasteiger partial charge in [0.2, 0.25) is 0 Å². The second kappa shape index (κ2) is 6.38. The van der Waals surface area contributed by atoms with Gasteiger partial charge >= 0.3 is 6.03 Å². The molecule has 104 valence electrons. The maximum atomic E-state index is 11.8. The Labute approximate surface area is 113 Å². The fraction of sp³-hybridized carbons (Fsp3) is 0.538. The van der Waals surface area contributed by atoms with Gasteiger partial charge in [-0.2, -0.15) is 0 Å². The summed E-state index contributed by atoms with van der Waals surface area (Å²) in [5.41, 5.74) is 0.725. The molecule has 0 atom stereocenters. The van der Waals surface area contributed by atoms with E-state index >= 15 is 0 Å². The van der Waals surface area contributed by atoms with Gasteiger partial charge in [-0.15, -0.1) is 0 Å². The van der Waals surface area contributed by atoms with Crippen molar-refractivity contribution in [1.82, 2.24) is 10.3 Å². The molecule has 1 aliphatic rings. The molecule has 0 radical (unpaired) electrons. The van der Waals surface area contributed by atoms with Crippen LogP contribution in [0.25, 0.3) is 0 Å². The van der Waals surface area contributed by atoms with Crippen LogP contribution in [0.5, 0.6) is 0 Å². The number of hydrogen-bond acceptors (Lipinski definition) is 4. The van der Waals surface area contributed by atoms with Crippen molar-refractivity contribution in [3.63, 3.8) is 0 Å². The van der Waals surface area contributed by atoms with Crippen LogP contribution in [0.4, 0.5) is 16.3 Å². The molecule has 0 aromatic carbocycles. The molecule has 6 heteroatoms. The van der Waals surface area contributed by atoms with Crippen LogP contribution in [0.3, 0.4) is 0 Å². The first kappa shape index (κ1) is 13.6. The van der Waals surface area contributed by atoms with E-state index in [0.717, 1.165) is 24.6 Å². The third-order valence-corrected chi connectivity index (χ3v) is 2.77. The summed E-state index contributed by atoms with van der Waals surface area (Å²) in [6.45, 7) is 6.80. The average Bonchev–Trinajstić information content (AvgIpc) is 2.39. The van der Waals surface area contributed by atoms with E-state index in [4.69, 9.17) is 4.74 Å². The third-order valence-electron chi connectivity index (χ3n) is 2.77. The maximum Gasteiger partial charge on any atom is 0.319 e. The lowest BCUT2D eigenvalue weighted by molar-refractivity contribution is 0.122. The smallest absolute Gasteiger partial charge is 0.319 e. The van der Waals surface area contributed by atoms with E-state index in [9.17, 15) is 4.79 Å². The Hall–Kier alpha value is -1.82. The molecule has 1 aliphatic heterocycles. The second-order valence-electron chi connectivity index (χ2n) is 4.73. The molecular weight excluding hydrogens is 244 g/mol. The van der Waals surface area contributed by atoms with Crippen molar-refractivity contribution in [2.24, 2.45) is 0 Å². The van der Waals surface area contributed by atoms with Crippen molar-refractivity contribution in [3.8, 4) is 0 Å². The first-order valence-electron chi connectivity index (χ1n) is 6.52. The molecular formula is C13H20N4O2. The summed E-state index contributed by atoms with van der Waals surface area (Å²) >= 11 is 0. The highest BCUT2D eigenvalue weighted by atomic mass is 16.5. The number of amides is 2. The lowest BCUT2D eigenvalue weighted by Gasteiger charge is -2.29. The van der Waals surface area contributed by atoms with Gasteiger partial charge in [-0.3, -0.25) is 0 Å². The summed E-state index contributed by atoms with van der Waals surface area (Å²) < 4.78 is 5.33. The van der Waals surface area contributed by atoms with Gasteiger partial charge in [0.1, 0.15) is 0 Å². The molecule has 1 aromatic rings. The predicted octanol–water partition coefficient (Wildman–Crippen LogP) is 1.45. The minimum atomic E-state index is -0.211. The Morgan fingerprint density at radius 2 is 2.16 bits per heavy atom. The van der Waals surface area contributed by atoms with E-state index < -0.39 is 0 Å². The van der Waals surface area contributed by atoms with Crippen molar-refractivity contribution in [2.75, 3.05) is 36.5 Å². The van der Waals surface area contributed by atoms with E-state index in [-0.39, 0.29) is 12.1 Å². The van der Waals surface area contributed by atoms with Crippen molar-refractivity contribution in [3.05, 3.63) is 18.3 Å². The number of carbonyl (C=O) groups excluding carboxylic acids is 1. The number of pyridine rings is 1. The first-order valence-corrected chi connectivity index (χ1v) is 6.52. The van der Waals surface area contributed by atoms with E-state index in [1.165, 1.54) is 0 Å². The third kappa shape index (κ3) is 3.82. The summed E-state index contributed by atoms with van der Waals surface area (Å²) in [5, 5.41) is 5.64. The molecule has 1 aromatic heterocycles. The number of aromatic nitrogens is 1. The highest BCUT2D eigenvalue weighted by Gasteiger charge is 2.17. The van der Waals surface area contributed by atoms with Crippen LogP contribution in [0, 0.1) is 0 Å². The van der Waals surface area contributed by atoms with Crippen molar-refractivity contribution < 1.29 is 9.53 Å². The van der Waals surface area contributed by atoms with Gasteiger partial charge in [0, 0.05) is 25.3 Å². The molecule has 0 bridgehead atoms. The average molecular weight is 264 g/mol. The Balaban J connectivity index is 2.09. The molecule has 2 heterocycles. The summed E-state index contributed by atoms with van der Waals surface area (Å²) in [6, 6.07) is 3.56. The molecule has 6 nitrogen and oxygen atoms in total. The number of rotatable bonds is 3. The zero-order valence-corrected chi connectivity index (χ0v) is 11.3. The largest absolute Gasteiger partial charge is 0.378 e. The van der Waals surface area contributed by atoms with Crippen molar-refractivity contribution in [2.45, 2.75) is 19.9 Å². The van der Waals surface area contributed by atoms with Crippen LogP contribution in [0.1, 0.15) is 13.8 Å². The minimum Gasteiger partial charge on any atom is -0.378 e. The number of morpholine rings is 1. The van der Waals surface area contributed by atoms with Gasteiger partial charge < -0.3 is 20.3 Å². The molecule has 0 aliphatic carbocycles. The summed E-state index contributed by atoms with van der Waals surface area (Å²) in [5.74, 6) is 0.796. The van der Waals surface area contributed by atoms with E-state index in [0.29, 0.717) is 13.2 Å². The fourth-order valence-corrected chi connectivity index (χ4v) is 1.94. The standard InChI is InChI=1S/C13H20N4O2/c1-10(2)15-13(18)16-11-4-3-5-14-12(11)17-6-8-19-9-7-17/h3-5,10H,6-9H2,1-2H3,(H2,15,16,18). The highest BCUT2D eigenvalue weighted by molar-refractivity contribution is 5.92. The normalized spacial score (nSPS) is 15.4. The van der Waals surface area contributed by atoms with Crippen LogP contribution < -0.4 is 15.5 Å². The Morgan fingerprint density at radius 3 is 2.84 bits per heavy atom. The van der Waals surface area contributed by atoms with E-state index in [1.54, 1.807) is 6.20 Å². The Kier molecular flexibility index (Phi) is 4.57. The molecule has 1 fully saturated rings. The van der Waals surface area contributed by atoms with Gasteiger partial charge in [0.05, 0.1) is 18.9 Å². The van der Waals surface area contributed by atoms with Crippen LogP contribution in [-0.2, 0) is 4.74 Å². The highest BCUT2D eigenvalue weighted by Crippen LogP contribution is 2.23. The Morgan fingerprint density at radius 1 is 1.42 bits per heavy atom. The maximum absolute atomic E-state index is 11.8. The first-order chi connectivity index (χ1) is 9.16. The van der Waals surface area contributed by atoms with Gasteiger partial charge in [0.15, 0.2) is 5.82 Å². The van der Waals surface area contributed by atoms with Crippen molar-refractivity contribution in [1.29, 1.82) is 0 Å². The predicted molar refractivity (Wildman–Crippen MR) is 74.6 cm³/mol. The summed E-state index contributed by atoms with van der Waals surface area (Å²) in [7, 11) is 0. The SMILES string of the molecule is CC(C)NC(=O)Nc1cccnc1N1CCOCC1. The Bertz CT molecular complexity index is 430. The van der Waals surface area contributed by atoms with Crippen LogP contribution in [0.2, 0.25) is 0 Å². The second-order valence-corrected chi connectivity index (χ2v) is 4.73. The van der Waals surface area contributed by atoms with Gasteiger partial charge in [0.25, 0.3) is 0 Å². The number of urea groups is 1. The van der Waals surface area contributed by atoms with E-state index in [1.807, 2.05) is 26.0 Å². The number of carbonyl (C=O) groups is 1. The van der Waals surface area contributed by atoms with Crippen LogP contribution in [-0.4, -0.2) is 43.4 Å². The zero-order chi connectivity index (χ0) is 13.7. The monoisotopic (exact) mass is 264 g/mol.